The summed E-state index contributed by atoms with van der Waals surface area (Å²) in [5.41, 5.74) is 11.6. The molecule has 0 N–H and O–H groups in total. The summed E-state index contributed by atoms with van der Waals surface area (Å²) < 4.78 is 4.65. The molecule has 0 amide bonds. The molecule has 0 bridgehead atoms. The normalized spacial score (nSPS) is 11.6. The molecule has 7 nitrogen and oxygen atoms in total. The van der Waals surface area contributed by atoms with Crippen molar-refractivity contribution in [3.8, 4) is 68.3 Å². The zero-order chi connectivity index (χ0) is 43.6. The molecule has 0 saturated carbocycles. The van der Waals surface area contributed by atoms with Crippen molar-refractivity contribution in [1.29, 1.82) is 0 Å². The van der Waals surface area contributed by atoms with Crippen LogP contribution in [0.4, 0.5) is 0 Å². The number of hydrogen-bond donors (Lipinski definition) is 0. The van der Waals surface area contributed by atoms with E-state index in [1.54, 1.807) is 0 Å². The lowest BCUT2D eigenvalue weighted by molar-refractivity contribution is 0.953. The Kier molecular flexibility index (Phi) is 8.70. The van der Waals surface area contributed by atoms with Gasteiger partial charge in [-0.05, 0) is 47.2 Å². The highest BCUT2D eigenvalue weighted by Crippen LogP contribution is 2.42. The number of fused-ring (bicyclic) bond motifs is 8. The molecule has 9 aromatic carbocycles. The summed E-state index contributed by atoms with van der Waals surface area (Å²) in [6.45, 7) is 0. The van der Waals surface area contributed by atoms with Crippen LogP contribution in [0.5, 0.6) is 0 Å². The van der Waals surface area contributed by atoms with E-state index in [1.165, 1.54) is 16.2 Å². The second-order valence-electron chi connectivity index (χ2n) is 16.5. The fraction of sp³-hybridized carbons (Fsp3) is 0. The van der Waals surface area contributed by atoms with E-state index in [0.29, 0.717) is 23.4 Å². The Morgan fingerprint density at radius 1 is 0.273 bits per heavy atom. The third kappa shape index (κ3) is 6.25. The van der Waals surface area contributed by atoms with Gasteiger partial charge in [-0.25, -0.2) is 15.0 Å². The van der Waals surface area contributed by atoms with E-state index in [4.69, 9.17) is 24.9 Å². The number of para-hydroxylation sites is 2. The van der Waals surface area contributed by atoms with Crippen molar-refractivity contribution < 1.29 is 0 Å². The lowest BCUT2D eigenvalue weighted by atomic mass is 10.1. The van der Waals surface area contributed by atoms with E-state index in [0.717, 1.165) is 83.1 Å². The average Bonchev–Trinajstić information content (AvgIpc) is 3.92. The molecule has 0 saturated heterocycles. The summed E-state index contributed by atoms with van der Waals surface area (Å²) in [5, 5.41) is 6.92. The topological polar surface area (TPSA) is 74.3 Å². The van der Waals surface area contributed by atoms with E-state index in [2.05, 4.69) is 173 Å². The third-order valence-corrected chi connectivity index (χ3v) is 12.6. The van der Waals surface area contributed by atoms with Crippen molar-refractivity contribution in [3.63, 3.8) is 0 Å². The summed E-state index contributed by atoms with van der Waals surface area (Å²) >= 11 is 0. The standard InChI is InChI=1S/C59H37N7/c1-4-18-39(19-5-1)50-37-51(40-20-6-2-7-21-40)61-57(60-50)43-25-16-26-44(35-43)58-62-56(41-22-8-3-9-23-41)63-59(64-58)66-53-30-15-13-28-47(53)49-34-33-48-46-27-12-14-29-52(46)65(54(48)55(49)66)45-32-31-38-17-10-11-24-42(38)36-45/h1-37H. The predicted molar refractivity (Wildman–Crippen MR) is 269 cm³/mol. The lowest BCUT2D eigenvalue weighted by Gasteiger charge is -2.14. The summed E-state index contributed by atoms with van der Waals surface area (Å²) in [6, 6.07) is 78.0. The molecule has 0 spiro atoms. The molecular weight excluding hydrogens is 807 g/mol. The maximum Gasteiger partial charge on any atom is 0.238 e. The van der Waals surface area contributed by atoms with Crippen molar-refractivity contribution in [1.82, 2.24) is 34.1 Å². The van der Waals surface area contributed by atoms with E-state index in [9.17, 15) is 0 Å². The first-order valence-electron chi connectivity index (χ1n) is 22.1. The van der Waals surface area contributed by atoms with Gasteiger partial charge in [-0.15, -0.1) is 0 Å². The van der Waals surface area contributed by atoms with Crippen LogP contribution in [0.15, 0.2) is 224 Å². The van der Waals surface area contributed by atoms with Crippen LogP contribution >= 0.6 is 0 Å². The molecule has 308 valence electrons. The van der Waals surface area contributed by atoms with Crippen LogP contribution in [0.2, 0.25) is 0 Å². The molecule has 0 aliphatic heterocycles. The quantitative estimate of drug-likeness (QED) is 0.160. The van der Waals surface area contributed by atoms with Gasteiger partial charge in [0, 0.05) is 55.0 Å². The molecule has 13 aromatic rings. The fourth-order valence-corrected chi connectivity index (χ4v) is 9.49. The van der Waals surface area contributed by atoms with Gasteiger partial charge in [-0.1, -0.05) is 188 Å². The van der Waals surface area contributed by atoms with E-state index < -0.39 is 0 Å². The van der Waals surface area contributed by atoms with Crippen molar-refractivity contribution in [2.45, 2.75) is 0 Å². The first kappa shape index (κ1) is 37.5. The Balaban J connectivity index is 1.07. The molecule has 4 heterocycles. The van der Waals surface area contributed by atoms with Gasteiger partial charge < -0.3 is 4.57 Å². The van der Waals surface area contributed by atoms with Crippen LogP contribution in [0, 0.1) is 0 Å². The van der Waals surface area contributed by atoms with Crippen molar-refractivity contribution in [3.05, 3.63) is 224 Å². The van der Waals surface area contributed by atoms with E-state index >= 15 is 0 Å². The molecule has 0 fully saturated rings. The van der Waals surface area contributed by atoms with Crippen molar-refractivity contribution in [2.24, 2.45) is 0 Å². The Morgan fingerprint density at radius 3 is 1.36 bits per heavy atom. The first-order chi connectivity index (χ1) is 32.7. The van der Waals surface area contributed by atoms with Gasteiger partial charge in [0.25, 0.3) is 0 Å². The summed E-state index contributed by atoms with van der Waals surface area (Å²) in [6.07, 6.45) is 0. The first-order valence-corrected chi connectivity index (χ1v) is 22.1. The average molecular weight is 844 g/mol. The van der Waals surface area contributed by atoms with Gasteiger partial charge >= 0.3 is 0 Å². The molecule has 0 aliphatic carbocycles. The van der Waals surface area contributed by atoms with Gasteiger partial charge in [0.05, 0.1) is 33.5 Å². The predicted octanol–water partition coefficient (Wildman–Crippen LogP) is 14.3. The van der Waals surface area contributed by atoms with Crippen molar-refractivity contribution >= 4 is 54.4 Å². The Labute approximate surface area is 379 Å². The summed E-state index contributed by atoms with van der Waals surface area (Å²) in [7, 11) is 0. The van der Waals surface area contributed by atoms with Crippen LogP contribution < -0.4 is 0 Å². The zero-order valence-corrected chi connectivity index (χ0v) is 35.5. The second-order valence-corrected chi connectivity index (χ2v) is 16.5. The molecule has 13 rings (SSSR count). The SMILES string of the molecule is c1ccc(-c2cc(-c3ccccc3)nc(-c3cccc(-c4nc(-c5ccccc5)nc(-n5c6ccccc6c6ccc7c8ccccc8n(-c8ccc9ccccc9c8)c7c65)n4)c3)n2)cc1. The zero-order valence-electron chi connectivity index (χ0n) is 35.5. The van der Waals surface area contributed by atoms with Gasteiger partial charge in [0.1, 0.15) is 0 Å². The molecule has 0 aliphatic rings. The van der Waals surface area contributed by atoms with Gasteiger partial charge in [-0.2, -0.15) is 9.97 Å². The number of rotatable bonds is 7. The third-order valence-electron chi connectivity index (χ3n) is 12.6. The molecule has 66 heavy (non-hydrogen) atoms. The van der Waals surface area contributed by atoms with Gasteiger partial charge in [-0.3, -0.25) is 4.57 Å². The molecule has 0 radical (unpaired) electrons. The van der Waals surface area contributed by atoms with Crippen molar-refractivity contribution in [2.75, 3.05) is 0 Å². The highest BCUT2D eigenvalue weighted by molar-refractivity contribution is 6.23. The summed E-state index contributed by atoms with van der Waals surface area (Å²) in [4.78, 5) is 26.3. The van der Waals surface area contributed by atoms with E-state index in [-0.39, 0.29) is 0 Å². The highest BCUT2D eigenvalue weighted by Gasteiger charge is 2.24. The van der Waals surface area contributed by atoms with Crippen LogP contribution in [-0.2, 0) is 0 Å². The smallest absolute Gasteiger partial charge is 0.238 e. The maximum atomic E-state index is 5.43. The minimum atomic E-state index is 0.520. The lowest BCUT2D eigenvalue weighted by Crippen LogP contribution is -2.07. The van der Waals surface area contributed by atoms with Crippen LogP contribution in [0.1, 0.15) is 0 Å². The Morgan fingerprint density at radius 2 is 0.742 bits per heavy atom. The molecule has 4 aromatic heterocycles. The molecule has 0 atom stereocenters. The second kappa shape index (κ2) is 15.3. The van der Waals surface area contributed by atoms with Crippen LogP contribution in [0.25, 0.3) is 123 Å². The van der Waals surface area contributed by atoms with Crippen LogP contribution in [0.3, 0.4) is 0 Å². The largest absolute Gasteiger partial charge is 0.307 e. The number of aromatic nitrogens is 7. The number of benzene rings is 9. The molecule has 7 heteroatoms. The summed E-state index contributed by atoms with van der Waals surface area (Å²) in [5.74, 6) is 2.24. The minimum absolute atomic E-state index is 0.520. The highest BCUT2D eigenvalue weighted by atomic mass is 15.2. The maximum absolute atomic E-state index is 5.43. The number of nitrogens with zero attached hydrogens (tertiary/aromatic N) is 7. The van der Waals surface area contributed by atoms with Gasteiger partial charge in [0.15, 0.2) is 17.5 Å². The van der Waals surface area contributed by atoms with Crippen LogP contribution in [-0.4, -0.2) is 34.1 Å². The Bertz CT molecular complexity index is 3930. The number of hydrogen-bond acceptors (Lipinski definition) is 5. The fourth-order valence-electron chi connectivity index (χ4n) is 9.49. The Hall–Kier alpha value is -9.07. The van der Waals surface area contributed by atoms with Gasteiger partial charge in [0.2, 0.25) is 5.95 Å². The monoisotopic (exact) mass is 843 g/mol. The molecule has 0 unspecified atom stereocenters. The van der Waals surface area contributed by atoms with E-state index in [1.807, 2.05) is 60.7 Å². The minimum Gasteiger partial charge on any atom is -0.307 e. The molecular formula is C59H37N7.